The first kappa shape index (κ1) is 20.2. The summed E-state index contributed by atoms with van der Waals surface area (Å²) in [5, 5.41) is 6.71. The van der Waals surface area contributed by atoms with Crippen LogP contribution in [0, 0.1) is 0 Å². The first-order chi connectivity index (χ1) is 9.71. The summed E-state index contributed by atoms with van der Waals surface area (Å²) < 4.78 is 0. The van der Waals surface area contributed by atoms with Crippen molar-refractivity contribution in [3.8, 4) is 0 Å². The summed E-state index contributed by atoms with van der Waals surface area (Å²) in [5.74, 6) is 0.861. The average Bonchev–Trinajstić information content (AvgIpc) is 2.50. The Kier molecular flexibility index (Phi) is 11.3. The molecule has 0 aromatic heterocycles. The third kappa shape index (κ3) is 7.66. The van der Waals surface area contributed by atoms with Gasteiger partial charge in [0.15, 0.2) is 5.96 Å². The van der Waals surface area contributed by atoms with E-state index in [1.54, 1.807) is 0 Å². The van der Waals surface area contributed by atoms with Gasteiger partial charge in [-0.15, -0.1) is 24.0 Å². The molecule has 1 rings (SSSR count). The Hall–Kier alpha value is -0.820. The SMILES string of the molecule is CCc1ccccc1CNC(=NC)NCCN(C)CC.I. The van der Waals surface area contributed by atoms with Crippen LogP contribution in [0.25, 0.3) is 0 Å². The number of likely N-dealkylation sites (N-methyl/N-ethyl adjacent to an activating group) is 1. The third-order valence-corrected chi connectivity index (χ3v) is 3.49. The van der Waals surface area contributed by atoms with Crippen molar-refractivity contribution in [3.63, 3.8) is 0 Å². The normalized spacial score (nSPS) is 11.2. The molecular formula is C16H29IN4. The minimum atomic E-state index is 0. The first-order valence-electron chi connectivity index (χ1n) is 7.41. The number of hydrogen-bond acceptors (Lipinski definition) is 2. The number of nitrogens with zero attached hydrogens (tertiary/aromatic N) is 2. The van der Waals surface area contributed by atoms with Gasteiger partial charge in [-0.05, 0) is 31.1 Å². The summed E-state index contributed by atoms with van der Waals surface area (Å²) in [6.45, 7) is 8.15. The van der Waals surface area contributed by atoms with E-state index in [0.717, 1.165) is 38.6 Å². The molecule has 0 saturated carbocycles. The van der Waals surface area contributed by atoms with Crippen LogP contribution in [0.4, 0.5) is 0 Å². The second-order valence-electron chi connectivity index (χ2n) is 4.87. The molecule has 5 heteroatoms. The van der Waals surface area contributed by atoms with Gasteiger partial charge in [-0.3, -0.25) is 4.99 Å². The van der Waals surface area contributed by atoms with Gasteiger partial charge < -0.3 is 15.5 Å². The molecule has 120 valence electrons. The number of hydrogen-bond donors (Lipinski definition) is 2. The second kappa shape index (κ2) is 11.8. The van der Waals surface area contributed by atoms with Gasteiger partial charge in [-0.25, -0.2) is 0 Å². The largest absolute Gasteiger partial charge is 0.355 e. The van der Waals surface area contributed by atoms with Crippen molar-refractivity contribution >= 4 is 29.9 Å². The molecule has 0 aliphatic heterocycles. The van der Waals surface area contributed by atoms with E-state index in [1.807, 2.05) is 7.05 Å². The monoisotopic (exact) mass is 404 g/mol. The highest BCUT2D eigenvalue weighted by atomic mass is 127. The minimum Gasteiger partial charge on any atom is -0.355 e. The van der Waals surface area contributed by atoms with Crippen molar-refractivity contribution in [3.05, 3.63) is 35.4 Å². The van der Waals surface area contributed by atoms with E-state index < -0.39 is 0 Å². The Morgan fingerprint density at radius 2 is 1.81 bits per heavy atom. The molecule has 0 spiro atoms. The summed E-state index contributed by atoms with van der Waals surface area (Å²) in [6.07, 6.45) is 1.06. The van der Waals surface area contributed by atoms with E-state index in [4.69, 9.17) is 0 Å². The fourth-order valence-corrected chi connectivity index (χ4v) is 2.00. The highest BCUT2D eigenvalue weighted by Gasteiger charge is 2.02. The first-order valence-corrected chi connectivity index (χ1v) is 7.41. The van der Waals surface area contributed by atoms with Crippen LogP contribution in [0.3, 0.4) is 0 Å². The van der Waals surface area contributed by atoms with Crippen LogP contribution < -0.4 is 10.6 Å². The van der Waals surface area contributed by atoms with Crippen molar-refractivity contribution in [2.24, 2.45) is 4.99 Å². The minimum absolute atomic E-state index is 0. The maximum absolute atomic E-state index is 4.26. The molecule has 1 aromatic carbocycles. The molecule has 0 heterocycles. The Bertz CT molecular complexity index is 420. The Balaban J connectivity index is 0.00000400. The quantitative estimate of drug-likeness (QED) is 0.417. The number of rotatable bonds is 7. The lowest BCUT2D eigenvalue weighted by Gasteiger charge is -2.17. The van der Waals surface area contributed by atoms with Crippen molar-refractivity contribution in [2.75, 3.05) is 33.7 Å². The predicted octanol–water partition coefficient (Wildman–Crippen LogP) is 2.48. The van der Waals surface area contributed by atoms with E-state index in [1.165, 1.54) is 11.1 Å². The van der Waals surface area contributed by atoms with E-state index in [9.17, 15) is 0 Å². The Morgan fingerprint density at radius 1 is 1.14 bits per heavy atom. The average molecular weight is 404 g/mol. The van der Waals surface area contributed by atoms with Crippen molar-refractivity contribution < 1.29 is 0 Å². The van der Waals surface area contributed by atoms with E-state index in [-0.39, 0.29) is 24.0 Å². The lowest BCUT2D eigenvalue weighted by molar-refractivity contribution is 0.357. The topological polar surface area (TPSA) is 39.7 Å². The van der Waals surface area contributed by atoms with Gasteiger partial charge in [0.25, 0.3) is 0 Å². The fraction of sp³-hybridized carbons (Fsp3) is 0.562. The maximum atomic E-state index is 4.26. The number of nitrogens with one attached hydrogen (secondary N) is 2. The van der Waals surface area contributed by atoms with Gasteiger partial charge in [0.05, 0.1) is 0 Å². The molecule has 0 aliphatic carbocycles. The van der Waals surface area contributed by atoms with Crippen LogP contribution in [-0.4, -0.2) is 44.6 Å². The molecule has 2 N–H and O–H groups in total. The van der Waals surface area contributed by atoms with Crippen LogP contribution in [0.15, 0.2) is 29.3 Å². The summed E-state index contributed by atoms with van der Waals surface area (Å²) >= 11 is 0. The molecule has 1 aromatic rings. The molecule has 0 aliphatic rings. The predicted molar refractivity (Wildman–Crippen MR) is 103 cm³/mol. The Labute approximate surface area is 146 Å². The van der Waals surface area contributed by atoms with Crippen LogP contribution in [0.5, 0.6) is 0 Å². The number of aliphatic imine (C=N–C) groups is 1. The number of aryl methyl sites for hydroxylation is 1. The molecular weight excluding hydrogens is 375 g/mol. The van der Waals surface area contributed by atoms with E-state index >= 15 is 0 Å². The highest BCUT2D eigenvalue weighted by molar-refractivity contribution is 14.0. The van der Waals surface area contributed by atoms with Gasteiger partial charge in [-0.2, -0.15) is 0 Å². The maximum Gasteiger partial charge on any atom is 0.191 e. The zero-order chi connectivity index (χ0) is 14.8. The zero-order valence-corrected chi connectivity index (χ0v) is 16.0. The number of guanidine groups is 1. The van der Waals surface area contributed by atoms with Crippen molar-refractivity contribution in [1.82, 2.24) is 15.5 Å². The molecule has 0 radical (unpaired) electrons. The summed E-state index contributed by atoms with van der Waals surface area (Å²) in [6, 6.07) is 8.53. The second-order valence-corrected chi connectivity index (χ2v) is 4.87. The molecule has 4 nitrogen and oxygen atoms in total. The lowest BCUT2D eigenvalue weighted by Crippen LogP contribution is -2.40. The lowest BCUT2D eigenvalue weighted by atomic mass is 10.1. The van der Waals surface area contributed by atoms with Gasteiger partial charge >= 0.3 is 0 Å². The van der Waals surface area contributed by atoms with Crippen LogP contribution >= 0.6 is 24.0 Å². The zero-order valence-electron chi connectivity index (χ0n) is 13.6. The Morgan fingerprint density at radius 3 is 2.38 bits per heavy atom. The molecule has 0 unspecified atom stereocenters. The van der Waals surface area contributed by atoms with Crippen molar-refractivity contribution in [2.45, 2.75) is 26.8 Å². The number of halogens is 1. The van der Waals surface area contributed by atoms with Gasteiger partial charge in [0.1, 0.15) is 0 Å². The van der Waals surface area contributed by atoms with Crippen LogP contribution in [-0.2, 0) is 13.0 Å². The van der Waals surface area contributed by atoms with E-state index in [0.29, 0.717) is 0 Å². The summed E-state index contributed by atoms with van der Waals surface area (Å²) in [5.41, 5.74) is 2.73. The summed E-state index contributed by atoms with van der Waals surface area (Å²) in [7, 11) is 3.93. The van der Waals surface area contributed by atoms with Crippen LogP contribution in [0.1, 0.15) is 25.0 Å². The highest BCUT2D eigenvalue weighted by Crippen LogP contribution is 2.08. The standard InChI is InChI=1S/C16H28N4.HI/c1-5-14-9-7-8-10-15(14)13-19-16(17-3)18-11-12-20(4)6-2;/h7-10H,5-6,11-13H2,1-4H3,(H2,17,18,19);1H. The molecule has 0 saturated heterocycles. The van der Waals surface area contributed by atoms with Gasteiger partial charge in [0.2, 0.25) is 0 Å². The smallest absolute Gasteiger partial charge is 0.191 e. The molecule has 0 atom stereocenters. The summed E-state index contributed by atoms with van der Waals surface area (Å²) in [4.78, 5) is 6.53. The van der Waals surface area contributed by atoms with Gasteiger partial charge in [0, 0.05) is 26.7 Å². The van der Waals surface area contributed by atoms with Crippen molar-refractivity contribution in [1.29, 1.82) is 0 Å². The molecule has 0 fully saturated rings. The molecule has 0 amide bonds. The molecule has 21 heavy (non-hydrogen) atoms. The van der Waals surface area contributed by atoms with E-state index in [2.05, 4.69) is 65.7 Å². The van der Waals surface area contributed by atoms with Crippen LogP contribution in [0.2, 0.25) is 0 Å². The molecule has 0 bridgehead atoms. The third-order valence-electron chi connectivity index (χ3n) is 3.49. The fourth-order valence-electron chi connectivity index (χ4n) is 2.00. The van der Waals surface area contributed by atoms with Gasteiger partial charge in [-0.1, -0.05) is 38.1 Å². The number of benzene rings is 1.